The van der Waals surface area contributed by atoms with Crippen LogP contribution in [0.15, 0.2) is 22.6 Å². The zero-order valence-electron chi connectivity index (χ0n) is 11.6. The van der Waals surface area contributed by atoms with Crippen LogP contribution < -0.4 is 0 Å². The lowest BCUT2D eigenvalue weighted by Gasteiger charge is -2.23. The van der Waals surface area contributed by atoms with Gasteiger partial charge < -0.3 is 9.52 Å². The fourth-order valence-corrected chi connectivity index (χ4v) is 2.87. The van der Waals surface area contributed by atoms with Crippen molar-refractivity contribution in [2.24, 2.45) is 5.92 Å². The summed E-state index contributed by atoms with van der Waals surface area (Å²) >= 11 is 5.70. The summed E-state index contributed by atoms with van der Waals surface area (Å²) in [6.45, 7) is 0. The normalized spacial score (nSPS) is 20.2. The Labute approximate surface area is 125 Å². The monoisotopic (exact) mass is 292 g/mol. The summed E-state index contributed by atoms with van der Waals surface area (Å²) in [5.41, 5.74) is 1.20. The first-order chi connectivity index (χ1) is 9.74. The Morgan fingerprint density at radius 1 is 1.50 bits per heavy atom. The highest BCUT2D eigenvalue weighted by molar-refractivity contribution is 6.17. The van der Waals surface area contributed by atoms with Crippen LogP contribution in [0.25, 0.3) is 5.57 Å². The van der Waals surface area contributed by atoms with Gasteiger partial charge in [-0.1, -0.05) is 12.0 Å². The van der Waals surface area contributed by atoms with E-state index in [1.54, 1.807) is 0 Å². The van der Waals surface area contributed by atoms with Crippen molar-refractivity contribution in [1.82, 2.24) is 0 Å². The number of furan rings is 1. The van der Waals surface area contributed by atoms with Crippen molar-refractivity contribution in [3.8, 4) is 12.3 Å². The topological polar surface area (TPSA) is 33.4 Å². The summed E-state index contributed by atoms with van der Waals surface area (Å²) < 4.78 is 5.91. The Morgan fingerprint density at radius 2 is 2.35 bits per heavy atom. The minimum Gasteiger partial charge on any atom is -0.461 e. The first-order valence-electron chi connectivity index (χ1n) is 7.24. The third-order valence-electron chi connectivity index (χ3n) is 3.76. The Morgan fingerprint density at radius 3 is 3.10 bits per heavy atom. The Balaban J connectivity index is 2.10. The smallest absolute Gasteiger partial charge is 0.130 e. The van der Waals surface area contributed by atoms with E-state index in [1.165, 1.54) is 5.57 Å². The van der Waals surface area contributed by atoms with E-state index in [0.29, 0.717) is 18.2 Å². The lowest BCUT2D eigenvalue weighted by molar-refractivity contribution is 0.203. The summed E-state index contributed by atoms with van der Waals surface area (Å²) in [6, 6.07) is 4.04. The van der Waals surface area contributed by atoms with Crippen molar-refractivity contribution < 1.29 is 9.52 Å². The predicted octanol–water partition coefficient (Wildman–Crippen LogP) is 4.02. The standard InChI is InChI=1S/C17H21ClO2/c1-2-14(19)12-13-6-3-4-8-16(13)17-10-9-15(20-17)7-5-11-18/h1,8-10,13-14,19H,3-7,11-12H2. The molecule has 108 valence electrons. The Bertz CT molecular complexity index is 495. The van der Waals surface area contributed by atoms with Gasteiger partial charge in [-0.3, -0.25) is 0 Å². The zero-order chi connectivity index (χ0) is 14.4. The van der Waals surface area contributed by atoms with Crippen molar-refractivity contribution in [1.29, 1.82) is 0 Å². The van der Waals surface area contributed by atoms with E-state index >= 15 is 0 Å². The molecule has 0 spiro atoms. The maximum atomic E-state index is 9.69. The van der Waals surface area contributed by atoms with Crippen LogP contribution in [0.1, 0.15) is 43.6 Å². The zero-order valence-corrected chi connectivity index (χ0v) is 12.4. The number of allylic oxidation sites excluding steroid dienone is 2. The average molecular weight is 293 g/mol. The van der Waals surface area contributed by atoms with Crippen molar-refractivity contribution in [2.75, 3.05) is 5.88 Å². The van der Waals surface area contributed by atoms with Crippen LogP contribution in [0, 0.1) is 18.3 Å². The van der Waals surface area contributed by atoms with Crippen LogP contribution in [0.2, 0.25) is 0 Å². The molecule has 2 atom stereocenters. The molecule has 0 saturated carbocycles. The second kappa shape index (κ2) is 7.57. The van der Waals surface area contributed by atoms with Crippen molar-refractivity contribution >= 4 is 17.2 Å². The minimum atomic E-state index is -0.674. The molecule has 0 radical (unpaired) electrons. The van der Waals surface area contributed by atoms with Gasteiger partial charge in [-0.25, -0.2) is 0 Å². The van der Waals surface area contributed by atoms with Gasteiger partial charge in [0.15, 0.2) is 0 Å². The maximum absolute atomic E-state index is 9.69. The molecule has 3 heteroatoms. The van der Waals surface area contributed by atoms with Crippen LogP contribution in [-0.4, -0.2) is 17.1 Å². The molecule has 0 aliphatic heterocycles. The first kappa shape index (κ1) is 15.2. The number of rotatable bonds is 6. The van der Waals surface area contributed by atoms with Gasteiger partial charge in [-0.05, 0) is 55.7 Å². The van der Waals surface area contributed by atoms with E-state index in [9.17, 15) is 5.11 Å². The molecule has 0 bridgehead atoms. The molecule has 2 nitrogen and oxygen atoms in total. The molecule has 0 fully saturated rings. The molecule has 2 rings (SSSR count). The fraction of sp³-hybridized carbons (Fsp3) is 0.529. The van der Waals surface area contributed by atoms with Crippen molar-refractivity contribution in [2.45, 2.75) is 44.6 Å². The van der Waals surface area contributed by atoms with Gasteiger partial charge in [0.05, 0.1) is 0 Å². The van der Waals surface area contributed by atoms with E-state index in [4.69, 9.17) is 22.4 Å². The predicted molar refractivity (Wildman–Crippen MR) is 82.5 cm³/mol. The van der Waals surface area contributed by atoms with Gasteiger partial charge in [0, 0.05) is 12.3 Å². The van der Waals surface area contributed by atoms with Crippen LogP contribution in [0.4, 0.5) is 0 Å². The summed E-state index contributed by atoms with van der Waals surface area (Å²) in [4.78, 5) is 0. The number of hydrogen-bond donors (Lipinski definition) is 1. The van der Waals surface area contributed by atoms with Crippen LogP contribution in [-0.2, 0) is 6.42 Å². The van der Waals surface area contributed by atoms with Crippen LogP contribution in [0.5, 0.6) is 0 Å². The van der Waals surface area contributed by atoms with E-state index in [2.05, 4.69) is 12.0 Å². The van der Waals surface area contributed by atoms with Gasteiger partial charge in [-0.2, -0.15) is 0 Å². The lowest BCUT2D eigenvalue weighted by Crippen LogP contribution is -2.15. The number of aliphatic hydroxyl groups is 1. The van der Waals surface area contributed by atoms with Gasteiger partial charge in [0.2, 0.25) is 0 Å². The van der Waals surface area contributed by atoms with E-state index in [1.807, 2.05) is 12.1 Å². The molecule has 0 aromatic carbocycles. The highest BCUT2D eigenvalue weighted by Gasteiger charge is 2.23. The molecular formula is C17H21ClO2. The third-order valence-corrected chi connectivity index (χ3v) is 4.03. The quantitative estimate of drug-likeness (QED) is 0.634. The molecular weight excluding hydrogens is 272 g/mol. The fourth-order valence-electron chi connectivity index (χ4n) is 2.74. The van der Waals surface area contributed by atoms with Gasteiger partial charge in [0.25, 0.3) is 0 Å². The molecule has 1 heterocycles. The number of aliphatic hydroxyl groups excluding tert-OH is 1. The number of aryl methyl sites for hydroxylation is 1. The van der Waals surface area contributed by atoms with Crippen LogP contribution >= 0.6 is 11.6 Å². The summed E-state index contributed by atoms with van der Waals surface area (Å²) in [7, 11) is 0. The average Bonchev–Trinajstić information content (AvgIpc) is 2.94. The summed E-state index contributed by atoms with van der Waals surface area (Å²) in [5.74, 6) is 5.24. The minimum absolute atomic E-state index is 0.293. The molecule has 1 aromatic heterocycles. The molecule has 20 heavy (non-hydrogen) atoms. The number of terminal acetylenes is 1. The van der Waals surface area contributed by atoms with Gasteiger partial charge >= 0.3 is 0 Å². The Hall–Kier alpha value is -1.17. The molecule has 2 unspecified atom stereocenters. The number of hydrogen-bond acceptors (Lipinski definition) is 2. The molecule has 0 saturated heterocycles. The van der Waals surface area contributed by atoms with E-state index < -0.39 is 6.10 Å². The second-order valence-electron chi connectivity index (χ2n) is 5.26. The third kappa shape index (κ3) is 3.91. The van der Waals surface area contributed by atoms with Gasteiger partial charge in [-0.15, -0.1) is 18.0 Å². The molecule has 1 aliphatic rings. The largest absolute Gasteiger partial charge is 0.461 e. The number of alkyl halides is 1. The Kier molecular flexibility index (Phi) is 5.76. The molecule has 1 aliphatic carbocycles. The molecule has 0 amide bonds. The van der Waals surface area contributed by atoms with Crippen molar-refractivity contribution in [3.63, 3.8) is 0 Å². The number of halogens is 1. The lowest BCUT2D eigenvalue weighted by atomic mass is 9.83. The highest BCUT2D eigenvalue weighted by Crippen LogP contribution is 2.36. The van der Waals surface area contributed by atoms with E-state index in [-0.39, 0.29) is 0 Å². The van der Waals surface area contributed by atoms with Crippen LogP contribution in [0.3, 0.4) is 0 Å². The molecule has 1 N–H and O–H groups in total. The van der Waals surface area contributed by atoms with Gasteiger partial charge in [0.1, 0.15) is 17.6 Å². The first-order valence-corrected chi connectivity index (χ1v) is 7.77. The second-order valence-corrected chi connectivity index (χ2v) is 5.64. The highest BCUT2D eigenvalue weighted by atomic mass is 35.5. The summed E-state index contributed by atoms with van der Waals surface area (Å²) in [6.07, 6.45) is 12.5. The van der Waals surface area contributed by atoms with Crippen molar-refractivity contribution in [3.05, 3.63) is 29.7 Å². The maximum Gasteiger partial charge on any atom is 0.130 e. The SMILES string of the molecule is C#CC(O)CC1CCCC=C1c1ccc(CCCCl)o1. The molecule has 1 aromatic rings. The van der Waals surface area contributed by atoms with E-state index in [0.717, 1.165) is 43.6 Å². The summed E-state index contributed by atoms with van der Waals surface area (Å²) in [5, 5.41) is 9.69.